The van der Waals surface area contributed by atoms with E-state index in [4.69, 9.17) is 16.7 Å². The average Bonchev–Trinajstić information content (AvgIpc) is 2.35. The van der Waals surface area contributed by atoms with Crippen LogP contribution in [-0.2, 0) is 5.88 Å². The summed E-state index contributed by atoms with van der Waals surface area (Å²) in [5, 5.41) is 9.17. The van der Waals surface area contributed by atoms with E-state index in [1.54, 1.807) is 31.0 Å². The molecule has 1 amide bonds. The molecule has 4 heteroatoms. The summed E-state index contributed by atoms with van der Waals surface area (Å²) in [5.41, 5.74) is 1.64. The summed E-state index contributed by atoms with van der Waals surface area (Å²) in [6.07, 6.45) is 0.200. The molecule has 94 valence electrons. The Morgan fingerprint density at radius 1 is 1.41 bits per heavy atom. The van der Waals surface area contributed by atoms with Crippen molar-refractivity contribution in [1.29, 1.82) is 0 Å². The number of hydrogen-bond donors (Lipinski definition) is 1. The molecule has 0 aliphatic carbocycles. The lowest BCUT2D eigenvalue weighted by molar-refractivity contribution is 0.0769. The maximum absolute atomic E-state index is 12.0. The number of carbonyl (C=O) groups excluding carboxylic acids is 1. The summed E-state index contributed by atoms with van der Waals surface area (Å²) in [5.74, 6) is 0.415. The fourth-order valence-corrected chi connectivity index (χ4v) is 1.62. The third kappa shape index (κ3) is 4.36. The van der Waals surface area contributed by atoms with Crippen LogP contribution in [-0.4, -0.2) is 35.6 Å². The van der Waals surface area contributed by atoms with Crippen molar-refractivity contribution in [3.63, 3.8) is 0 Å². The van der Waals surface area contributed by atoms with Gasteiger partial charge in [-0.2, -0.15) is 0 Å². The largest absolute Gasteiger partial charge is 0.393 e. The number of rotatable bonds is 5. The number of aliphatic hydroxyl groups excluding tert-OH is 1. The molecule has 3 nitrogen and oxygen atoms in total. The van der Waals surface area contributed by atoms with E-state index in [9.17, 15) is 4.79 Å². The maximum atomic E-state index is 12.0. The first-order valence-electron chi connectivity index (χ1n) is 5.63. The van der Waals surface area contributed by atoms with Crippen LogP contribution in [0, 0.1) is 0 Å². The van der Waals surface area contributed by atoms with Gasteiger partial charge in [0.2, 0.25) is 0 Å². The Hall–Kier alpha value is -1.06. The van der Waals surface area contributed by atoms with Crippen LogP contribution in [0.3, 0.4) is 0 Å². The topological polar surface area (TPSA) is 40.5 Å². The van der Waals surface area contributed by atoms with Crippen LogP contribution in [0.1, 0.15) is 29.3 Å². The van der Waals surface area contributed by atoms with E-state index in [1.165, 1.54) is 0 Å². The second kappa shape index (κ2) is 6.62. The highest BCUT2D eigenvalue weighted by Gasteiger charge is 2.11. The number of halogens is 1. The van der Waals surface area contributed by atoms with Gasteiger partial charge in [-0.15, -0.1) is 11.6 Å². The first-order valence-corrected chi connectivity index (χ1v) is 6.16. The molecule has 0 heterocycles. The molecule has 0 radical (unpaired) electrons. The molecule has 1 aromatic carbocycles. The van der Waals surface area contributed by atoms with Crippen molar-refractivity contribution >= 4 is 17.5 Å². The van der Waals surface area contributed by atoms with Gasteiger partial charge in [-0.25, -0.2) is 0 Å². The third-order valence-corrected chi connectivity index (χ3v) is 2.89. The molecule has 0 saturated heterocycles. The van der Waals surface area contributed by atoms with Crippen molar-refractivity contribution in [3.8, 4) is 0 Å². The van der Waals surface area contributed by atoms with E-state index < -0.39 is 0 Å². The van der Waals surface area contributed by atoms with Gasteiger partial charge in [-0.1, -0.05) is 12.1 Å². The van der Waals surface area contributed by atoms with Gasteiger partial charge in [0.25, 0.3) is 5.91 Å². The van der Waals surface area contributed by atoms with Gasteiger partial charge < -0.3 is 10.0 Å². The molecule has 1 N–H and O–H groups in total. The van der Waals surface area contributed by atoms with Crippen molar-refractivity contribution in [1.82, 2.24) is 4.90 Å². The molecule has 0 bridgehead atoms. The summed E-state index contributed by atoms with van der Waals surface area (Å²) in [7, 11) is 1.74. The normalized spacial score (nSPS) is 12.2. The minimum atomic E-state index is -0.385. The lowest BCUT2D eigenvalue weighted by Crippen LogP contribution is -2.29. The molecule has 1 unspecified atom stereocenters. The van der Waals surface area contributed by atoms with Crippen LogP contribution >= 0.6 is 11.6 Å². The number of benzene rings is 1. The van der Waals surface area contributed by atoms with Gasteiger partial charge in [-0.3, -0.25) is 4.79 Å². The molecule has 17 heavy (non-hydrogen) atoms. The highest BCUT2D eigenvalue weighted by atomic mass is 35.5. The Kier molecular flexibility index (Phi) is 5.45. The number of amides is 1. The molecule has 0 aromatic heterocycles. The number of aliphatic hydroxyl groups is 1. The van der Waals surface area contributed by atoms with E-state index in [0.717, 1.165) is 5.56 Å². The second-order valence-corrected chi connectivity index (χ2v) is 4.46. The van der Waals surface area contributed by atoms with Gasteiger partial charge in [0.05, 0.1) is 6.10 Å². The van der Waals surface area contributed by atoms with E-state index >= 15 is 0 Å². The average molecular weight is 256 g/mol. The molecule has 0 spiro atoms. The summed E-state index contributed by atoms with van der Waals surface area (Å²) in [6, 6.07) is 7.25. The van der Waals surface area contributed by atoms with Crippen molar-refractivity contribution in [3.05, 3.63) is 35.4 Å². The smallest absolute Gasteiger partial charge is 0.253 e. The molecule has 1 rings (SSSR count). The molecular formula is C13H18ClNO2. The van der Waals surface area contributed by atoms with Crippen LogP contribution in [0.5, 0.6) is 0 Å². The Bertz CT molecular complexity index is 362. The van der Waals surface area contributed by atoms with E-state index in [0.29, 0.717) is 24.4 Å². The molecule has 0 aliphatic rings. The van der Waals surface area contributed by atoms with Gasteiger partial charge in [0.15, 0.2) is 0 Å². The molecular weight excluding hydrogens is 238 g/mol. The predicted octanol–water partition coefficient (Wildman–Crippen LogP) is 2.27. The van der Waals surface area contributed by atoms with Crippen LogP contribution in [0.15, 0.2) is 24.3 Å². The number of alkyl halides is 1. The van der Waals surface area contributed by atoms with Crippen LogP contribution < -0.4 is 0 Å². The fraction of sp³-hybridized carbons (Fsp3) is 0.462. The van der Waals surface area contributed by atoms with Crippen LogP contribution in [0.25, 0.3) is 0 Å². The third-order valence-electron chi connectivity index (χ3n) is 2.58. The van der Waals surface area contributed by atoms with Gasteiger partial charge in [0, 0.05) is 25.0 Å². The first-order chi connectivity index (χ1) is 8.04. The number of carbonyl (C=O) groups is 1. The monoisotopic (exact) mass is 255 g/mol. The molecule has 1 aromatic rings. The summed E-state index contributed by atoms with van der Waals surface area (Å²) >= 11 is 5.68. The van der Waals surface area contributed by atoms with Gasteiger partial charge in [-0.05, 0) is 31.0 Å². The lowest BCUT2D eigenvalue weighted by Gasteiger charge is -2.18. The van der Waals surface area contributed by atoms with Crippen molar-refractivity contribution in [2.75, 3.05) is 13.6 Å². The SMILES string of the molecule is CC(O)CCN(C)C(=O)c1ccc(CCl)cc1. The van der Waals surface area contributed by atoms with Crippen molar-refractivity contribution < 1.29 is 9.90 Å². The Balaban J connectivity index is 2.61. The Morgan fingerprint density at radius 2 is 2.00 bits per heavy atom. The molecule has 0 aliphatic heterocycles. The zero-order valence-electron chi connectivity index (χ0n) is 10.2. The highest BCUT2D eigenvalue weighted by molar-refractivity contribution is 6.17. The Labute approximate surface area is 107 Å². The minimum absolute atomic E-state index is 0.0354. The number of hydrogen-bond acceptors (Lipinski definition) is 2. The highest BCUT2D eigenvalue weighted by Crippen LogP contribution is 2.09. The Morgan fingerprint density at radius 3 is 2.47 bits per heavy atom. The first kappa shape index (κ1) is 14.0. The van der Waals surface area contributed by atoms with E-state index in [1.807, 2.05) is 12.1 Å². The summed E-state index contributed by atoms with van der Waals surface area (Å²) in [4.78, 5) is 13.6. The van der Waals surface area contributed by atoms with Crippen LogP contribution in [0.2, 0.25) is 0 Å². The lowest BCUT2D eigenvalue weighted by atomic mass is 10.1. The zero-order chi connectivity index (χ0) is 12.8. The standard InChI is InChI=1S/C13H18ClNO2/c1-10(16)7-8-15(2)13(17)12-5-3-11(9-14)4-6-12/h3-6,10,16H,7-9H2,1-2H3. The maximum Gasteiger partial charge on any atom is 0.253 e. The van der Waals surface area contributed by atoms with E-state index in [2.05, 4.69) is 0 Å². The fourth-order valence-electron chi connectivity index (χ4n) is 1.44. The van der Waals surface area contributed by atoms with E-state index in [-0.39, 0.29) is 12.0 Å². The van der Waals surface area contributed by atoms with Gasteiger partial charge in [0.1, 0.15) is 0 Å². The van der Waals surface area contributed by atoms with Crippen molar-refractivity contribution in [2.24, 2.45) is 0 Å². The predicted molar refractivity (Wildman–Crippen MR) is 69.3 cm³/mol. The molecule has 0 saturated carbocycles. The minimum Gasteiger partial charge on any atom is -0.393 e. The van der Waals surface area contributed by atoms with Gasteiger partial charge >= 0.3 is 0 Å². The van der Waals surface area contributed by atoms with Crippen LogP contribution in [0.4, 0.5) is 0 Å². The summed E-state index contributed by atoms with van der Waals surface area (Å²) < 4.78 is 0. The second-order valence-electron chi connectivity index (χ2n) is 4.19. The molecule has 0 fully saturated rings. The number of nitrogens with zero attached hydrogens (tertiary/aromatic N) is 1. The quantitative estimate of drug-likeness (QED) is 0.820. The molecule has 1 atom stereocenters. The zero-order valence-corrected chi connectivity index (χ0v) is 10.9. The summed E-state index contributed by atoms with van der Waals surface area (Å²) in [6.45, 7) is 2.27. The van der Waals surface area contributed by atoms with Crippen molar-refractivity contribution in [2.45, 2.75) is 25.3 Å².